The number of aliphatic carboxylic acids is 1. The van der Waals surface area contributed by atoms with Crippen LogP contribution in [-0.2, 0) is 9.59 Å². The lowest BCUT2D eigenvalue weighted by Crippen LogP contribution is -2.48. The summed E-state index contributed by atoms with van der Waals surface area (Å²) in [5.74, 6) is -1.04. The molecule has 1 fully saturated rings. The predicted octanol–water partition coefficient (Wildman–Crippen LogP) is 1.42. The fraction of sp³-hybridized carbons (Fsp3) is 0.636. The largest absolute Gasteiger partial charge is 0.480 e. The molecular weight excluding hydrogens is 194 g/mol. The number of piperidine rings is 1. The zero-order valence-electron chi connectivity index (χ0n) is 9.19. The summed E-state index contributed by atoms with van der Waals surface area (Å²) in [6, 6.07) is -0.638. The number of carbonyl (C=O) groups is 2. The van der Waals surface area contributed by atoms with E-state index < -0.39 is 12.0 Å². The summed E-state index contributed by atoms with van der Waals surface area (Å²) in [6.45, 7) is 4.06. The van der Waals surface area contributed by atoms with Gasteiger partial charge in [0.2, 0.25) is 5.91 Å². The average molecular weight is 211 g/mol. The number of allylic oxidation sites excluding steroid dienone is 1. The van der Waals surface area contributed by atoms with Gasteiger partial charge in [-0.1, -0.05) is 6.08 Å². The van der Waals surface area contributed by atoms with Crippen molar-refractivity contribution in [2.45, 2.75) is 39.2 Å². The first-order chi connectivity index (χ1) is 7.07. The first-order valence-corrected chi connectivity index (χ1v) is 5.24. The van der Waals surface area contributed by atoms with Gasteiger partial charge >= 0.3 is 5.97 Å². The highest BCUT2D eigenvalue weighted by Crippen LogP contribution is 2.19. The predicted molar refractivity (Wildman–Crippen MR) is 56.4 cm³/mol. The van der Waals surface area contributed by atoms with Crippen LogP contribution in [0.5, 0.6) is 0 Å². The van der Waals surface area contributed by atoms with Crippen molar-refractivity contribution in [1.29, 1.82) is 0 Å². The van der Waals surface area contributed by atoms with E-state index in [-0.39, 0.29) is 5.91 Å². The van der Waals surface area contributed by atoms with E-state index >= 15 is 0 Å². The number of carbonyl (C=O) groups excluding carboxylic acids is 1. The average Bonchev–Trinajstić information content (AvgIpc) is 2.27. The molecule has 1 saturated heterocycles. The normalized spacial score (nSPS) is 22.7. The molecule has 1 atom stereocenters. The SMILES string of the molecule is CC=C(C)C(=O)N1CCCCC1C(=O)O. The molecule has 0 aromatic carbocycles. The summed E-state index contributed by atoms with van der Waals surface area (Å²) in [5.41, 5.74) is 0.614. The van der Waals surface area contributed by atoms with Gasteiger partial charge in [0.15, 0.2) is 0 Å². The summed E-state index contributed by atoms with van der Waals surface area (Å²) >= 11 is 0. The van der Waals surface area contributed by atoms with Gasteiger partial charge in [0.05, 0.1) is 0 Å². The molecule has 1 aliphatic heterocycles. The van der Waals surface area contributed by atoms with E-state index in [0.717, 1.165) is 12.8 Å². The van der Waals surface area contributed by atoms with Gasteiger partial charge in [-0.05, 0) is 33.1 Å². The molecule has 1 heterocycles. The van der Waals surface area contributed by atoms with Crippen LogP contribution in [0.15, 0.2) is 11.6 Å². The van der Waals surface area contributed by atoms with Crippen LogP contribution >= 0.6 is 0 Å². The van der Waals surface area contributed by atoms with Crippen LogP contribution in [0, 0.1) is 0 Å². The third-order valence-corrected chi connectivity index (χ3v) is 2.82. The standard InChI is InChI=1S/C11H17NO3/c1-3-8(2)10(13)12-7-5-4-6-9(12)11(14)15/h3,9H,4-7H2,1-2H3,(H,14,15). The zero-order chi connectivity index (χ0) is 11.4. The Kier molecular flexibility index (Phi) is 3.88. The van der Waals surface area contributed by atoms with Gasteiger partial charge < -0.3 is 10.0 Å². The number of rotatable bonds is 2. The minimum Gasteiger partial charge on any atom is -0.480 e. The van der Waals surface area contributed by atoms with E-state index in [4.69, 9.17) is 5.11 Å². The first-order valence-electron chi connectivity index (χ1n) is 5.24. The van der Waals surface area contributed by atoms with Crippen molar-refractivity contribution < 1.29 is 14.7 Å². The van der Waals surface area contributed by atoms with Crippen molar-refractivity contribution in [1.82, 2.24) is 4.90 Å². The highest BCUT2D eigenvalue weighted by Gasteiger charge is 2.31. The molecule has 1 N–H and O–H groups in total. The minimum atomic E-state index is -0.896. The van der Waals surface area contributed by atoms with Gasteiger partial charge in [-0.25, -0.2) is 4.79 Å². The first kappa shape index (κ1) is 11.8. The van der Waals surface area contributed by atoms with Crippen LogP contribution < -0.4 is 0 Å². The fourth-order valence-corrected chi connectivity index (χ4v) is 1.78. The molecule has 4 nitrogen and oxygen atoms in total. The maximum atomic E-state index is 11.8. The Morgan fingerprint density at radius 1 is 1.40 bits per heavy atom. The van der Waals surface area contributed by atoms with Gasteiger partial charge in [-0.15, -0.1) is 0 Å². The van der Waals surface area contributed by atoms with E-state index in [1.54, 1.807) is 19.9 Å². The van der Waals surface area contributed by atoms with Gasteiger partial charge in [-0.2, -0.15) is 0 Å². The summed E-state index contributed by atoms with van der Waals surface area (Å²) in [5, 5.41) is 9.00. The highest BCUT2D eigenvalue weighted by molar-refractivity contribution is 5.95. The highest BCUT2D eigenvalue weighted by atomic mass is 16.4. The second kappa shape index (κ2) is 4.96. The van der Waals surface area contributed by atoms with E-state index in [2.05, 4.69) is 0 Å². The molecule has 1 aliphatic rings. The quantitative estimate of drug-likeness (QED) is 0.703. The molecule has 0 bridgehead atoms. The van der Waals surface area contributed by atoms with Crippen LogP contribution in [0.1, 0.15) is 33.1 Å². The second-order valence-corrected chi connectivity index (χ2v) is 3.82. The van der Waals surface area contributed by atoms with E-state index in [1.165, 1.54) is 4.90 Å². The van der Waals surface area contributed by atoms with Crippen LogP contribution in [0.2, 0.25) is 0 Å². The zero-order valence-corrected chi connectivity index (χ0v) is 9.19. The Balaban J connectivity index is 2.81. The van der Waals surface area contributed by atoms with Gasteiger partial charge in [0.1, 0.15) is 6.04 Å². The Labute approximate surface area is 89.6 Å². The van der Waals surface area contributed by atoms with Crippen molar-refractivity contribution in [3.63, 3.8) is 0 Å². The molecule has 15 heavy (non-hydrogen) atoms. The molecule has 1 unspecified atom stereocenters. The minimum absolute atomic E-state index is 0.149. The molecule has 0 radical (unpaired) electrons. The Morgan fingerprint density at radius 3 is 2.60 bits per heavy atom. The van der Waals surface area contributed by atoms with E-state index in [9.17, 15) is 9.59 Å². The summed E-state index contributed by atoms with van der Waals surface area (Å²) in [6.07, 6.45) is 4.07. The molecular formula is C11H17NO3. The lowest BCUT2D eigenvalue weighted by Gasteiger charge is -2.33. The van der Waals surface area contributed by atoms with Gasteiger partial charge in [0.25, 0.3) is 0 Å². The third kappa shape index (κ3) is 2.58. The molecule has 0 aromatic heterocycles. The molecule has 4 heteroatoms. The van der Waals surface area contributed by atoms with E-state index in [0.29, 0.717) is 18.5 Å². The van der Waals surface area contributed by atoms with Crippen molar-refractivity contribution in [3.05, 3.63) is 11.6 Å². The monoisotopic (exact) mass is 211 g/mol. The van der Waals surface area contributed by atoms with E-state index in [1.807, 2.05) is 0 Å². The number of likely N-dealkylation sites (tertiary alicyclic amines) is 1. The van der Waals surface area contributed by atoms with Crippen LogP contribution in [0.4, 0.5) is 0 Å². The number of carboxylic acid groups (broad SMARTS) is 1. The summed E-state index contributed by atoms with van der Waals surface area (Å²) < 4.78 is 0. The molecule has 0 saturated carbocycles. The Bertz CT molecular complexity index is 296. The lowest BCUT2D eigenvalue weighted by molar-refractivity contribution is -0.150. The molecule has 1 rings (SSSR count). The number of amides is 1. The molecule has 0 aliphatic carbocycles. The van der Waals surface area contributed by atoms with Gasteiger partial charge in [0, 0.05) is 12.1 Å². The smallest absolute Gasteiger partial charge is 0.326 e. The second-order valence-electron chi connectivity index (χ2n) is 3.82. The number of carboxylic acids is 1. The topological polar surface area (TPSA) is 57.6 Å². The third-order valence-electron chi connectivity index (χ3n) is 2.82. The van der Waals surface area contributed by atoms with Crippen LogP contribution in [-0.4, -0.2) is 34.5 Å². The summed E-state index contributed by atoms with van der Waals surface area (Å²) in [4.78, 5) is 24.3. The van der Waals surface area contributed by atoms with Crippen molar-refractivity contribution in [3.8, 4) is 0 Å². The maximum Gasteiger partial charge on any atom is 0.326 e. The van der Waals surface area contributed by atoms with Crippen molar-refractivity contribution in [2.75, 3.05) is 6.54 Å². The Morgan fingerprint density at radius 2 is 2.07 bits per heavy atom. The lowest BCUT2D eigenvalue weighted by atomic mass is 10.0. The number of hydrogen-bond acceptors (Lipinski definition) is 2. The number of nitrogens with zero attached hydrogens (tertiary/aromatic N) is 1. The molecule has 0 spiro atoms. The molecule has 0 aromatic rings. The summed E-state index contributed by atoms with van der Waals surface area (Å²) in [7, 11) is 0. The van der Waals surface area contributed by atoms with Gasteiger partial charge in [-0.3, -0.25) is 4.79 Å². The van der Waals surface area contributed by atoms with Crippen LogP contribution in [0.3, 0.4) is 0 Å². The van der Waals surface area contributed by atoms with Crippen molar-refractivity contribution >= 4 is 11.9 Å². The fourth-order valence-electron chi connectivity index (χ4n) is 1.78. The Hall–Kier alpha value is -1.32. The molecule has 1 amide bonds. The number of hydrogen-bond donors (Lipinski definition) is 1. The molecule has 84 valence electrons. The van der Waals surface area contributed by atoms with Crippen molar-refractivity contribution in [2.24, 2.45) is 0 Å². The maximum absolute atomic E-state index is 11.8. The van der Waals surface area contributed by atoms with Crippen LogP contribution in [0.25, 0.3) is 0 Å².